The number of hydrogen-bond donors (Lipinski definition) is 0. The third-order valence-corrected chi connectivity index (χ3v) is 6.28. The van der Waals surface area contributed by atoms with E-state index >= 15 is 0 Å². The van der Waals surface area contributed by atoms with Gasteiger partial charge in [0.15, 0.2) is 0 Å². The van der Waals surface area contributed by atoms with Crippen molar-refractivity contribution in [3.8, 4) is 5.75 Å². The summed E-state index contributed by atoms with van der Waals surface area (Å²) >= 11 is 0. The molecule has 296 valence electrons. The molecule has 0 heterocycles. The molecule has 0 atom stereocenters. The third-order valence-electron chi connectivity index (χ3n) is 6.28. The number of aldehydes is 1. The minimum atomic E-state index is -0.289. The molecular weight excluding hydrogens is 676 g/mol. The van der Waals surface area contributed by atoms with Crippen molar-refractivity contribution >= 4 is 12.3 Å². The first-order valence-electron chi connectivity index (χ1n) is 17.4. The van der Waals surface area contributed by atoms with Crippen LogP contribution in [0.3, 0.4) is 0 Å². The Labute approximate surface area is 302 Å². The van der Waals surface area contributed by atoms with Crippen LogP contribution in [0.2, 0.25) is 0 Å². The van der Waals surface area contributed by atoms with Crippen molar-refractivity contribution in [2.75, 3.05) is 172 Å². The van der Waals surface area contributed by atoms with Crippen LogP contribution < -0.4 is 4.74 Å². The van der Waals surface area contributed by atoms with E-state index in [-0.39, 0.29) is 12.4 Å². The van der Waals surface area contributed by atoms with Crippen LogP contribution in [0.5, 0.6) is 5.75 Å². The fraction of sp³-hybridized carbons (Fsp3) is 0.771. The van der Waals surface area contributed by atoms with Crippen molar-refractivity contribution in [1.82, 2.24) is 0 Å². The Hall–Kier alpha value is -2.32. The van der Waals surface area contributed by atoms with Crippen LogP contribution >= 0.6 is 0 Å². The number of methoxy groups -OCH3 is 1. The summed E-state index contributed by atoms with van der Waals surface area (Å²) in [4.78, 5) is 21.6. The zero-order chi connectivity index (χ0) is 36.6. The maximum absolute atomic E-state index is 10.9. The van der Waals surface area contributed by atoms with Gasteiger partial charge < -0.3 is 66.3 Å². The second kappa shape index (κ2) is 38.9. The Bertz CT molecular complexity index is 876. The number of benzene rings is 1. The van der Waals surface area contributed by atoms with E-state index in [0.717, 1.165) is 6.29 Å². The summed E-state index contributed by atoms with van der Waals surface area (Å²) in [5, 5.41) is 0. The van der Waals surface area contributed by atoms with Crippen LogP contribution in [0.1, 0.15) is 16.8 Å². The topological polar surface area (TPSA) is 163 Å². The molecule has 0 fully saturated rings. The average Bonchev–Trinajstić information content (AvgIpc) is 3.15. The molecule has 16 nitrogen and oxygen atoms in total. The van der Waals surface area contributed by atoms with Crippen molar-refractivity contribution < 1.29 is 75.9 Å². The van der Waals surface area contributed by atoms with Crippen LogP contribution in [-0.4, -0.2) is 185 Å². The molecule has 0 saturated carbocycles. The van der Waals surface area contributed by atoms with Gasteiger partial charge in [-0.2, -0.15) is 0 Å². The number of ether oxygens (including phenoxy) is 14. The molecule has 51 heavy (non-hydrogen) atoms. The van der Waals surface area contributed by atoms with Gasteiger partial charge in [-0.1, -0.05) is 0 Å². The smallest absolute Gasteiger partial charge is 0.307 e. The Morgan fingerprint density at radius 2 is 0.667 bits per heavy atom. The summed E-state index contributed by atoms with van der Waals surface area (Å²) in [6, 6.07) is 6.92. The molecule has 1 rings (SSSR count). The summed E-state index contributed by atoms with van der Waals surface area (Å²) < 4.78 is 75.3. The molecule has 0 aliphatic heterocycles. The van der Waals surface area contributed by atoms with Gasteiger partial charge in [0.05, 0.1) is 172 Å². The van der Waals surface area contributed by atoms with E-state index in [1.165, 1.54) is 7.11 Å². The first kappa shape index (κ1) is 46.7. The predicted octanol–water partition coefficient (Wildman–Crippen LogP) is 1.64. The second-order valence-electron chi connectivity index (χ2n) is 10.2. The lowest BCUT2D eigenvalue weighted by Crippen LogP contribution is -2.15. The SMILES string of the molecule is COC(=O)CCOCCOCCOCCOCCOCCOCCOCCOCCOCCOCCOCCOCCOc1ccc(C=O)cc1. The fourth-order valence-corrected chi connectivity index (χ4v) is 3.64. The van der Waals surface area contributed by atoms with E-state index in [2.05, 4.69) is 4.74 Å². The molecule has 0 N–H and O–H groups in total. The highest BCUT2D eigenvalue weighted by atomic mass is 16.6. The number of hydrogen-bond acceptors (Lipinski definition) is 16. The maximum atomic E-state index is 10.9. The molecule has 0 aliphatic carbocycles. The minimum Gasteiger partial charge on any atom is -0.491 e. The summed E-state index contributed by atoms with van der Waals surface area (Å²) in [5.41, 5.74) is 0.614. The number of carbonyl (C=O) groups excluding carboxylic acids is 2. The zero-order valence-electron chi connectivity index (χ0n) is 30.3. The van der Waals surface area contributed by atoms with Crippen LogP contribution in [0.25, 0.3) is 0 Å². The molecular formula is C35H60O16. The highest BCUT2D eigenvalue weighted by Crippen LogP contribution is 2.10. The van der Waals surface area contributed by atoms with Gasteiger partial charge in [-0.3, -0.25) is 9.59 Å². The van der Waals surface area contributed by atoms with E-state index in [9.17, 15) is 9.59 Å². The lowest BCUT2D eigenvalue weighted by atomic mass is 10.2. The van der Waals surface area contributed by atoms with Gasteiger partial charge >= 0.3 is 5.97 Å². The summed E-state index contributed by atoms with van der Waals surface area (Å²) in [5.74, 6) is 0.410. The van der Waals surface area contributed by atoms with Crippen molar-refractivity contribution in [3.63, 3.8) is 0 Å². The summed E-state index contributed by atoms with van der Waals surface area (Å²) in [6.45, 7) is 11.8. The van der Waals surface area contributed by atoms with Gasteiger partial charge in [0, 0.05) is 5.56 Å². The minimum absolute atomic E-state index is 0.240. The lowest BCUT2D eigenvalue weighted by Gasteiger charge is -2.09. The average molecular weight is 737 g/mol. The largest absolute Gasteiger partial charge is 0.491 e. The molecule has 0 aromatic heterocycles. The van der Waals surface area contributed by atoms with E-state index in [4.69, 9.17) is 61.6 Å². The van der Waals surface area contributed by atoms with Gasteiger partial charge in [0.1, 0.15) is 18.6 Å². The Kier molecular flexibility index (Phi) is 35.6. The Balaban J connectivity index is 1.63. The molecule has 0 spiro atoms. The third kappa shape index (κ3) is 34.5. The highest BCUT2D eigenvalue weighted by molar-refractivity contribution is 5.74. The van der Waals surface area contributed by atoms with Crippen molar-refractivity contribution in [1.29, 1.82) is 0 Å². The normalized spacial score (nSPS) is 11.2. The van der Waals surface area contributed by atoms with Gasteiger partial charge in [0.25, 0.3) is 0 Å². The first-order chi connectivity index (χ1) is 25.3. The van der Waals surface area contributed by atoms with Crippen molar-refractivity contribution in [2.45, 2.75) is 6.42 Å². The van der Waals surface area contributed by atoms with Gasteiger partial charge in [-0.05, 0) is 24.3 Å². The molecule has 1 aromatic rings. The van der Waals surface area contributed by atoms with Crippen LogP contribution in [0.4, 0.5) is 0 Å². The van der Waals surface area contributed by atoms with Gasteiger partial charge in [0.2, 0.25) is 0 Å². The number of carbonyl (C=O) groups is 2. The van der Waals surface area contributed by atoms with Crippen molar-refractivity contribution in [2.24, 2.45) is 0 Å². The van der Waals surface area contributed by atoms with Crippen LogP contribution in [0.15, 0.2) is 24.3 Å². The van der Waals surface area contributed by atoms with Crippen LogP contribution in [0, 0.1) is 0 Å². The Morgan fingerprint density at radius 1 is 0.412 bits per heavy atom. The first-order valence-corrected chi connectivity index (χ1v) is 17.4. The summed E-state index contributed by atoms with van der Waals surface area (Å²) in [7, 11) is 1.35. The van der Waals surface area contributed by atoms with E-state index in [1.54, 1.807) is 24.3 Å². The Morgan fingerprint density at radius 3 is 0.922 bits per heavy atom. The number of esters is 1. The maximum Gasteiger partial charge on any atom is 0.307 e. The predicted molar refractivity (Wildman–Crippen MR) is 184 cm³/mol. The molecule has 0 amide bonds. The molecule has 1 aromatic carbocycles. The van der Waals surface area contributed by atoms with E-state index in [0.29, 0.717) is 176 Å². The van der Waals surface area contributed by atoms with E-state index in [1.807, 2.05) is 0 Å². The standard InChI is InChI=1S/C35H60O16/c1-38-35(37)6-7-39-8-9-40-10-11-41-12-13-42-14-15-43-16-17-44-18-19-45-20-21-46-22-23-47-24-25-48-26-27-49-28-29-50-30-31-51-34-4-2-33(32-36)3-5-34/h2-5,32H,6-31H2,1H3. The molecule has 0 radical (unpaired) electrons. The molecule has 16 heteroatoms. The van der Waals surface area contributed by atoms with Crippen molar-refractivity contribution in [3.05, 3.63) is 29.8 Å². The monoisotopic (exact) mass is 736 g/mol. The van der Waals surface area contributed by atoms with Gasteiger partial charge in [-0.25, -0.2) is 0 Å². The molecule has 0 aliphatic rings. The van der Waals surface area contributed by atoms with E-state index < -0.39 is 0 Å². The zero-order valence-corrected chi connectivity index (χ0v) is 30.3. The summed E-state index contributed by atoms with van der Waals surface area (Å²) in [6.07, 6.45) is 1.04. The second-order valence-corrected chi connectivity index (χ2v) is 10.2. The lowest BCUT2D eigenvalue weighted by molar-refractivity contribution is -0.141. The van der Waals surface area contributed by atoms with Crippen LogP contribution in [-0.2, 0) is 66.4 Å². The molecule has 0 unspecified atom stereocenters. The quantitative estimate of drug-likeness (QED) is 0.0541. The highest BCUT2D eigenvalue weighted by Gasteiger charge is 2.00. The molecule has 0 saturated heterocycles. The number of rotatable bonds is 41. The molecule has 0 bridgehead atoms. The van der Waals surface area contributed by atoms with Gasteiger partial charge in [-0.15, -0.1) is 0 Å². The fourth-order valence-electron chi connectivity index (χ4n) is 3.64.